The molecule has 0 unspecified atom stereocenters. The van der Waals surface area contributed by atoms with E-state index in [0.29, 0.717) is 24.6 Å². The fourth-order valence-corrected chi connectivity index (χ4v) is 3.10. The first-order chi connectivity index (χ1) is 12.7. The highest BCUT2D eigenvalue weighted by atomic mass is 19.1. The standard InChI is InChI=1S/C20H28FN3O2/c1-22-19(16-23-9-13-25)7-12-24-10-5-17(6-11-24)8-14-26-20-4-2-3-18(21)15-20/h2-4,9,13,15-17,22H,5-8,10-12,14H2,1H3/b19-16-,23-9?. The van der Waals surface area contributed by atoms with E-state index in [1.54, 1.807) is 18.3 Å². The maximum atomic E-state index is 13.1. The molecule has 0 saturated carbocycles. The third kappa shape index (κ3) is 7.35. The highest BCUT2D eigenvalue weighted by Crippen LogP contribution is 2.22. The molecule has 1 fully saturated rings. The number of benzene rings is 1. The van der Waals surface area contributed by atoms with Crippen LogP contribution in [0.5, 0.6) is 5.75 Å². The molecular formula is C20H28FN3O2. The lowest BCUT2D eigenvalue weighted by atomic mass is 9.94. The Morgan fingerprint density at radius 3 is 2.92 bits per heavy atom. The zero-order valence-corrected chi connectivity index (χ0v) is 15.4. The number of carbonyl (C=O) groups excluding carboxylic acids is 1. The zero-order chi connectivity index (χ0) is 18.6. The van der Waals surface area contributed by atoms with Crippen LogP contribution in [0.15, 0.2) is 41.2 Å². The number of carbonyl (C=O) groups is 1. The van der Waals surface area contributed by atoms with Gasteiger partial charge in [-0.3, -0.25) is 9.79 Å². The van der Waals surface area contributed by atoms with E-state index >= 15 is 0 Å². The zero-order valence-electron chi connectivity index (χ0n) is 15.4. The smallest absolute Gasteiger partial charge is 0.161 e. The Balaban J connectivity index is 1.63. The van der Waals surface area contributed by atoms with Crippen molar-refractivity contribution in [3.8, 4) is 5.75 Å². The minimum Gasteiger partial charge on any atom is -0.493 e. The number of hydrogen-bond acceptors (Lipinski definition) is 5. The normalized spacial score (nSPS) is 16.8. The lowest BCUT2D eigenvalue weighted by Crippen LogP contribution is -2.35. The highest BCUT2D eigenvalue weighted by Gasteiger charge is 2.19. The second-order valence-electron chi connectivity index (χ2n) is 6.47. The number of aliphatic imine (C=N–C) groups is 1. The van der Waals surface area contributed by atoms with Crippen LogP contribution in [0.2, 0.25) is 0 Å². The third-order valence-corrected chi connectivity index (χ3v) is 4.69. The van der Waals surface area contributed by atoms with Gasteiger partial charge in [0.1, 0.15) is 11.6 Å². The Hall–Kier alpha value is -2.21. The van der Waals surface area contributed by atoms with E-state index in [-0.39, 0.29) is 5.82 Å². The summed E-state index contributed by atoms with van der Waals surface area (Å²) < 4.78 is 18.8. The van der Waals surface area contributed by atoms with Gasteiger partial charge in [0, 0.05) is 38.0 Å². The van der Waals surface area contributed by atoms with Crippen molar-refractivity contribution in [2.24, 2.45) is 10.9 Å². The fraction of sp³-hybridized carbons (Fsp3) is 0.500. The number of aldehydes is 1. The molecule has 1 aliphatic rings. The van der Waals surface area contributed by atoms with Gasteiger partial charge in [0.2, 0.25) is 0 Å². The lowest BCUT2D eigenvalue weighted by molar-refractivity contribution is -0.102. The van der Waals surface area contributed by atoms with E-state index < -0.39 is 0 Å². The Bertz CT molecular complexity index is 611. The molecule has 0 bridgehead atoms. The van der Waals surface area contributed by atoms with E-state index in [1.165, 1.54) is 18.3 Å². The molecule has 0 aromatic heterocycles. The van der Waals surface area contributed by atoms with Crippen molar-refractivity contribution in [1.82, 2.24) is 10.2 Å². The molecule has 0 aliphatic carbocycles. The summed E-state index contributed by atoms with van der Waals surface area (Å²) in [5.41, 5.74) is 1.02. The van der Waals surface area contributed by atoms with Crippen molar-refractivity contribution in [2.45, 2.75) is 25.7 Å². The predicted molar refractivity (Wildman–Crippen MR) is 102 cm³/mol. The molecule has 0 radical (unpaired) electrons. The van der Waals surface area contributed by atoms with Crippen molar-refractivity contribution in [1.29, 1.82) is 0 Å². The maximum absolute atomic E-state index is 13.1. The molecule has 0 atom stereocenters. The Morgan fingerprint density at radius 2 is 2.23 bits per heavy atom. The first kappa shape index (κ1) is 20.1. The minimum atomic E-state index is -0.261. The second kappa shape index (κ2) is 11.4. The summed E-state index contributed by atoms with van der Waals surface area (Å²) in [5, 5.41) is 3.12. The monoisotopic (exact) mass is 361 g/mol. The number of ether oxygens (including phenoxy) is 1. The van der Waals surface area contributed by atoms with Gasteiger partial charge in [0.25, 0.3) is 0 Å². The van der Waals surface area contributed by atoms with Gasteiger partial charge in [-0.1, -0.05) is 6.07 Å². The number of halogens is 1. The van der Waals surface area contributed by atoms with Crippen molar-refractivity contribution in [2.75, 3.05) is 33.3 Å². The largest absolute Gasteiger partial charge is 0.493 e. The molecule has 1 aliphatic heterocycles. The number of piperidine rings is 1. The predicted octanol–water partition coefficient (Wildman–Crippen LogP) is 3.03. The number of nitrogens with zero attached hydrogens (tertiary/aromatic N) is 2. The summed E-state index contributed by atoms with van der Waals surface area (Å²) in [5.74, 6) is 1.00. The summed E-state index contributed by atoms with van der Waals surface area (Å²) in [6.45, 7) is 3.78. The first-order valence-corrected chi connectivity index (χ1v) is 9.15. The molecule has 1 aromatic rings. The second-order valence-corrected chi connectivity index (χ2v) is 6.47. The maximum Gasteiger partial charge on any atom is 0.161 e. The van der Waals surface area contributed by atoms with Gasteiger partial charge in [-0.2, -0.15) is 0 Å². The van der Waals surface area contributed by atoms with Crippen LogP contribution in [0, 0.1) is 11.7 Å². The van der Waals surface area contributed by atoms with Crippen LogP contribution in [0.3, 0.4) is 0 Å². The molecule has 1 heterocycles. The van der Waals surface area contributed by atoms with Crippen molar-refractivity contribution < 1.29 is 13.9 Å². The highest BCUT2D eigenvalue weighted by molar-refractivity contribution is 6.13. The molecule has 26 heavy (non-hydrogen) atoms. The molecule has 5 nitrogen and oxygen atoms in total. The Kier molecular flexibility index (Phi) is 8.83. The fourth-order valence-electron chi connectivity index (χ4n) is 3.10. The Morgan fingerprint density at radius 1 is 1.42 bits per heavy atom. The van der Waals surface area contributed by atoms with Crippen molar-refractivity contribution in [3.63, 3.8) is 0 Å². The van der Waals surface area contributed by atoms with Gasteiger partial charge in [0.15, 0.2) is 6.29 Å². The SMILES string of the molecule is CN/C(=C\N=CC=O)CCN1CCC(CCOc2cccc(F)c2)CC1. The van der Waals surface area contributed by atoms with Gasteiger partial charge in [-0.05, 0) is 50.4 Å². The summed E-state index contributed by atoms with van der Waals surface area (Å²) in [4.78, 5) is 16.6. The van der Waals surface area contributed by atoms with Crippen LogP contribution in [0.1, 0.15) is 25.7 Å². The number of rotatable bonds is 10. The van der Waals surface area contributed by atoms with Gasteiger partial charge < -0.3 is 15.0 Å². The molecule has 0 amide bonds. The van der Waals surface area contributed by atoms with Crippen molar-refractivity contribution in [3.05, 3.63) is 42.0 Å². The topological polar surface area (TPSA) is 53.9 Å². The number of hydrogen-bond donors (Lipinski definition) is 1. The van der Waals surface area contributed by atoms with Crippen LogP contribution < -0.4 is 10.1 Å². The molecule has 142 valence electrons. The third-order valence-electron chi connectivity index (χ3n) is 4.69. The molecular weight excluding hydrogens is 333 g/mol. The van der Waals surface area contributed by atoms with Gasteiger partial charge in [-0.15, -0.1) is 0 Å². The average molecular weight is 361 g/mol. The molecule has 0 spiro atoms. The van der Waals surface area contributed by atoms with E-state index in [9.17, 15) is 9.18 Å². The van der Waals surface area contributed by atoms with E-state index in [1.807, 2.05) is 7.05 Å². The molecule has 1 aromatic carbocycles. The van der Waals surface area contributed by atoms with Gasteiger partial charge in [-0.25, -0.2) is 4.39 Å². The van der Waals surface area contributed by atoms with E-state index in [4.69, 9.17) is 4.74 Å². The van der Waals surface area contributed by atoms with Crippen LogP contribution in [0.4, 0.5) is 4.39 Å². The summed E-state index contributed by atoms with van der Waals surface area (Å²) in [7, 11) is 1.87. The van der Waals surface area contributed by atoms with Crippen LogP contribution in [0.25, 0.3) is 0 Å². The summed E-state index contributed by atoms with van der Waals surface area (Å²) >= 11 is 0. The van der Waals surface area contributed by atoms with Gasteiger partial charge >= 0.3 is 0 Å². The molecule has 1 saturated heterocycles. The van der Waals surface area contributed by atoms with E-state index in [2.05, 4.69) is 15.2 Å². The molecule has 2 rings (SSSR count). The number of likely N-dealkylation sites (tertiary alicyclic amines) is 1. The first-order valence-electron chi connectivity index (χ1n) is 9.15. The molecule has 6 heteroatoms. The van der Waals surface area contributed by atoms with Crippen LogP contribution in [-0.2, 0) is 4.79 Å². The van der Waals surface area contributed by atoms with Crippen LogP contribution >= 0.6 is 0 Å². The van der Waals surface area contributed by atoms with Crippen molar-refractivity contribution >= 4 is 12.5 Å². The molecule has 1 N–H and O–H groups in total. The average Bonchev–Trinajstić information content (AvgIpc) is 2.66. The summed E-state index contributed by atoms with van der Waals surface area (Å²) in [6.07, 6.45) is 7.83. The number of nitrogens with one attached hydrogen (secondary N) is 1. The Labute approximate surface area is 154 Å². The quantitative estimate of drug-likeness (QED) is 0.514. The van der Waals surface area contributed by atoms with E-state index in [0.717, 1.165) is 51.0 Å². The summed E-state index contributed by atoms with van der Waals surface area (Å²) in [6, 6.07) is 6.31. The lowest BCUT2D eigenvalue weighted by Gasteiger charge is -2.32. The van der Waals surface area contributed by atoms with Gasteiger partial charge in [0.05, 0.1) is 12.8 Å². The van der Waals surface area contributed by atoms with Crippen LogP contribution in [-0.4, -0.2) is 50.7 Å². The minimum absolute atomic E-state index is 0.261.